The van der Waals surface area contributed by atoms with Gasteiger partial charge < -0.3 is 4.90 Å². The van der Waals surface area contributed by atoms with Gasteiger partial charge in [0.05, 0.1) is 16.4 Å². The van der Waals surface area contributed by atoms with E-state index in [1.54, 1.807) is 0 Å². The fourth-order valence-electron chi connectivity index (χ4n) is 1.97. The number of hydrogen-bond acceptors (Lipinski definition) is 4. The lowest BCUT2D eigenvalue weighted by Gasteiger charge is -2.26. The molecule has 18 heavy (non-hydrogen) atoms. The van der Waals surface area contributed by atoms with Crippen LogP contribution in [0, 0.1) is 0 Å². The van der Waals surface area contributed by atoms with E-state index in [4.69, 9.17) is 0 Å². The predicted octanol–water partition coefficient (Wildman–Crippen LogP) is 2.68. The van der Waals surface area contributed by atoms with Crippen LogP contribution in [0.3, 0.4) is 0 Å². The second-order valence-electron chi connectivity index (χ2n) is 4.33. The third kappa shape index (κ3) is 3.85. The third-order valence-electron chi connectivity index (χ3n) is 2.96. The van der Waals surface area contributed by atoms with Gasteiger partial charge in [-0.3, -0.25) is 9.59 Å². The van der Waals surface area contributed by atoms with E-state index < -0.39 is 0 Å². The van der Waals surface area contributed by atoms with Crippen molar-refractivity contribution in [1.29, 1.82) is 0 Å². The highest BCUT2D eigenvalue weighted by atomic mass is 32.2. The van der Waals surface area contributed by atoms with Gasteiger partial charge >= 0.3 is 0 Å². The van der Waals surface area contributed by atoms with Crippen molar-refractivity contribution in [2.24, 2.45) is 0 Å². The molecule has 0 saturated carbocycles. The van der Waals surface area contributed by atoms with Gasteiger partial charge in [0.15, 0.2) is 5.78 Å². The summed E-state index contributed by atoms with van der Waals surface area (Å²) in [6.45, 7) is 1.77. The highest BCUT2D eigenvalue weighted by Gasteiger charge is 2.16. The van der Waals surface area contributed by atoms with E-state index in [1.807, 2.05) is 22.4 Å². The Balaban J connectivity index is 1.68. The molecule has 1 amide bonds. The van der Waals surface area contributed by atoms with Crippen molar-refractivity contribution in [1.82, 2.24) is 4.90 Å². The molecule has 0 aromatic carbocycles. The number of carbonyl (C=O) groups is 2. The number of piperidine rings is 1. The zero-order chi connectivity index (χ0) is 12.8. The Labute approximate surface area is 116 Å². The van der Waals surface area contributed by atoms with Crippen molar-refractivity contribution < 1.29 is 9.59 Å². The molecular weight excluding hydrogens is 266 g/mol. The molecule has 0 unspecified atom stereocenters. The predicted molar refractivity (Wildman–Crippen MR) is 76.4 cm³/mol. The maximum atomic E-state index is 11.9. The Morgan fingerprint density at radius 1 is 1.22 bits per heavy atom. The quantitative estimate of drug-likeness (QED) is 0.780. The van der Waals surface area contributed by atoms with Crippen LogP contribution in [0.5, 0.6) is 0 Å². The molecule has 3 nitrogen and oxygen atoms in total. The van der Waals surface area contributed by atoms with Crippen LogP contribution in [-0.4, -0.2) is 41.2 Å². The number of rotatable bonds is 5. The van der Waals surface area contributed by atoms with Gasteiger partial charge in [0.2, 0.25) is 5.91 Å². The number of hydrogen-bond donors (Lipinski definition) is 0. The van der Waals surface area contributed by atoms with Gasteiger partial charge in [-0.1, -0.05) is 6.07 Å². The van der Waals surface area contributed by atoms with Crippen LogP contribution < -0.4 is 0 Å². The molecule has 1 aromatic rings. The molecule has 5 heteroatoms. The first-order valence-corrected chi connectivity index (χ1v) is 8.23. The molecule has 1 aliphatic rings. The lowest BCUT2D eigenvalue weighted by molar-refractivity contribution is -0.129. The molecular formula is C13H17NO2S2. The summed E-state index contributed by atoms with van der Waals surface area (Å²) < 4.78 is 0. The van der Waals surface area contributed by atoms with Crippen LogP contribution >= 0.6 is 23.1 Å². The molecule has 1 aromatic heterocycles. The molecule has 0 N–H and O–H groups in total. The Morgan fingerprint density at radius 3 is 2.67 bits per heavy atom. The highest BCUT2D eigenvalue weighted by Crippen LogP contribution is 2.14. The molecule has 0 radical (unpaired) electrons. The Hall–Kier alpha value is -0.810. The van der Waals surface area contributed by atoms with Crippen LogP contribution in [0.15, 0.2) is 17.5 Å². The van der Waals surface area contributed by atoms with Gasteiger partial charge in [0.25, 0.3) is 0 Å². The third-order valence-corrected chi connectivity index (χ3v) is 4.79. The molecule has 1 saturated heterocycles. The fraction of sp³-hybridized carbons (Fsp3) is 0.538. The maximum absolute atomic E-state index is 11.9. The average molecular weight is 283 g/mol. The first-order valence-electron chi connectivity index (χ1n) is 6.19. The van der Waals surface area contributed by atoms with E-state index in [-0.39, 0.29) is 11.7 Å². The smallest absolute Gasteiger partial charge is 0.232 e. The molecule has 2 rings (SSSR count). The molecule has 2 heterocycles. The number of amides is 1. The molecule has 1 aliphatic heterocycles. The van der Waals surface area contributed by atoms with E-state index in [0.717, 1.165) is 30.8 Å². The SMILES string of the molecule is O=C(CSCC(=O)N1CCCCC1)c1cccs1. The first-order chi connectivity index (χ1) is 8.77. The number of nitrogens with zero attached hydrogens (tertiary/aromatic N) is 1. The summed E-state index contributed by atoms with van der Waals surface area (Å²) in [6, 6.07) is 3.71. The summed E-state index contributed by atoms with van der Waals surface area (Å²) in [6.07, 6.45) is 3.46. The largest absolute Gasteiger partial charge is 0.342 e. The minimum Gasteiger partial charge on any atom is -0.342 e. The number of Topliss-reactive ketones (excluding diaryl/α,β-unsaturated/α-hetero) is 1. The van der Waals surface area contributed by atoms with E-state index in [9.17, 15) is 9.59 Å². The Morgan fingerprint density at radius 2 is 2.00 bits per heavy atom. The van der Waals surface area contributed by atoms with Crippen molar-refractivity contribution in [2.75, 3.05) is 24.6 Å². The highest BCUT2D eigenvalue weighted by molar-refractivity contribution is 8.00. The molecule has 0 spiro atoms. The van der Waals surface area contributed by atoms with Gasteiger partial charge in [-0.05, 0) is 30.7 Å². The molecule has 1 fully saturated rings. The number of thioether (sulfide) groups is 1. The van der Waals surface area contributed by atoms with Gasteiger partial charge in [0, 0.05) is 13.1 Å². The first kappa shape index (κ1) is 13.6. The summed E-state index contributed by atoms with van der Waals surface area (Å²) in [5, 5.41) is 1.90. The number of likely N-dealkylation sites (tertiary alicyclic amines) is 1. The average Bonchev–Trinajstić information content (AvgIpc) is 2.93. The van der Waals surface area contributed by atoms with E-state index in [1.165, 1.54) is 29.5 Å². The number of carbonyl (C=O) groups excluding carboxylic acids is 2. The minimum atomic E-state index is 0.126. The summed E-state index contributed by atoms with van der Waals surface area (Å²) in [4.78, 5) is 26.3. The van der Waals surface area contributed by atoms with Crippen molar-refractivity contribution in [3.8, 4) is 0 Å². The van der Waals surface area contributed by atoms with Gasteiger partial charge in [0.1, 0.15) is 0 Å². The lowest BCUT2D eigenvalue weighted by atomic mass is 10.1. The maximum Gasteiger partial charge on any atom is 0.232 e. The van der Waals surface area contributed by atoms with Crippen molar-refractivity contribution in [3.63, 3.8) is 0 Å². The second-order valence-corrected chi connectivity index (χ2v) is 6.27. The summed E-state index contributed by atoms with van der Waals surface area (Å²) >= 11 is 2.89. The lowest BCUT2D eigenvalue weighted by Crippen LogP contribution is -2.36. The topological polar surface area (TPSA) is 37.4 Å². The summed E-state index contributed by atoms with van der Waals surface area (Å²) in [7, 11) is 0. The summed E-state index contributed by atoms with van der Waals surface area (Å²) in [5.74, 6) is 1.14. The molecule has 98 valence electrons. The van der Waals surface area contributed by atoms with Crippen molar-refractivity contribution in [2.45, 2.75) is 19.3 Å². The zero-order valence-corrected chi connectivity index (χ0v) is 11.9. The number of thiophene rings is 1. The van der Waals surface area contributed by atoms with Gasteiger partial charge in [-0.2, -0.15) is 0 Å². The van der Waals surface area contributed by atoms with Crippen LogP contribution in [0.4, 0.5) is 0 Å². The van der Waals surface area contributed by atoms with E-state index in [0.29, 0.717) is 11.5 Å². The van der Waals surface area contributed by atoms with E-state index >= 15 is 0 Å². The molecule has 0 aliphatic carbocycles. The number of ketones is 1. The monoisotopic (exact) mass is 283 g/mol. The van der Waals surface area contributed by atoms with Crippen molar-refractivity contribution >= 4 is 34.8 Å². The molecule has 0 bridgehead atoms. The van der Waals surface area contributed by atoms with E-state index in [2.05, 4.69) is 0 Å². The Bertz CT molecular complexity index is 397. The fourth-order valence-corrected chi connectivity index (χ4v) is 3.53. The van der Waals surface area contributed by atoms with Crippen LogP contribution in [0.25, 0.3) is 0 Å². The summed E-state index contributed by atoms with van der Waals surface area (Å²) in [5.41, 5.74) is 0. The zero-order valence-electron chi connectivity index (χ0n) is 10.3. The second kappa shape index (κ2) is 6.95. The molecule has 0 atom stereocenters. The van der Waals surface area contributed by atoms with Gasteiger partial charge in [-0.15, -0.1) is 23.1 Å². The van der Waals surface area contributed by atoms with Crippen molar-refractivity contribution in [3.05, 3.63) is 22.4 Å². The normalized spacial score (nSPS) is 15.7. The standard InChI is InChI=1S/C13H17NO2S2/c15-11(12-5-4-8-18-12)9-17-10-13(16)14-6-2-1-3-7-14/h4-5,8H,1-3,6-7,9-10H2. The Kier molecular flexibility index (Phi) is 5.26. The van der Waals surface area contributed by atoms with Crippen LogP contribution in [-0.2, 0) is 4.79 Å². The van der Waals surface area contributed by atoms with Crippen LogP contribution in [0.1, 0.15) is 28.9 Å². The minimum absolute atomic E-state index is 0.126. The van der Waals surface area contributed by atoms with Crippen LogP contribution in [0.2, 0.25) is 0 Å². The van der Waals surface area contributed by atoms with Gasteiger partial charge in [-0.25, -0.2) is 0 Å².